The standard InChI is InChI=1S/C14H12N2OS2/c1-10-4-2-3-5-12(10)19-9-13(17)16-14-11(8-15)6-7-18-14/h2-7H,9H2,1H3,(H,16,17). The molecule has 0 aliphatic carbocycles. The predicted molar refractivity (Wildman–Crippen MR) is 79.6 cm³/mol. The molecule has 1 heterocycles. The summed E-state index contributed by atoms with van der Waals surface area (Å²) in [6.07, 6.45) is 0. The first-order chi connectivity index (χ1) is 9.20. The van der Waals surface area contributed by atoms with Crippen molar-refractivity contribution in [2.45, 2.75) is 11.8 Å². The fourth-order valence-electron chi connectivity index (χ4n) is 1.52. The molecule has 0 aliphatic rings. The number of benzene rings is 1. The van der Waals surface area contributed by atoms with Crippen molar-refractivity contribution in [3.8, 4) is 6.07 Å². The van der Waals surface area contributed by atoms with Crippen molar-refractivity contribution >= 4 is 34.0 Å². The van der Waals surface area contributed by atoms with E-state index in [-0.39, 0.29) is 5.91 Å². The average Bonchev–Trinajstić information content (AvgIpc) is 2.85. The predicted octanol–water partition coefficient (Wildman–Crippen LogP) is 3.66. The van der Waals surface area contributed by atoms with Gasteiger partial charge < -0.3 is 5.32 Å². The summed E-state index contributed by atoms with van der Waals surface area (Å²) in [7, 11) is 0. The van der Waals surface area contributed by atoms with Crippen molar-refractivity contribution in [3.63, 3.8) is 0 Å². The quantitative estimate of drug-likeness (QED) is 0.874. The molecule has 0 spiro atoms. The lowest BCUT2D eigenvalue weighted by atomic mass is 10.2. The van der Waals surface area contributed by atoms with Crippen LogP contribution in [0.4, 0.5) is 5.00 Å². The van der Waals surface area contributed by atoms with Crippen LogP contribution in [0.2, 0.25) is 0 Å². The highest BCUT2D eigenvalue weighted by atomic mass is 32.2. The Morgan fingerprint density at radius 1 is 1.42 bits per heavy atom. The number of nitriles is 1. The maximum Gasteiger partial charge on any atom is 0.235 e. The lowest BCUT2D eigenvalue weighted by Gasteiger charge is -2.05. The van der Waals surface area contributed by atoms with E-state index in [1.807, 2.05) is 31.2 Å². The molecule has 0 fully saturated rings. The van der Waals surface area contributed by atoms with Gasteiger partial charge in [0.25, 0.3) is 0 Å². The van der Waals surface area contributed by atoms with Crippen molar-refractivity contribution < 1.29 is 4.79 Å². The van der Waals surface area contributed by atoms with Crippen LogP contribution in [-0.4, -0.2) is 11.7 Å². The van der Waals surface area contributed by atoms with E-state index in [4.69, 9.17) is 5.26 Å². The fraction of sp³-hybridized carbons (Fsp3) is 0.143. The molecule has 1 amide bonds. The smallest absolute Gasteiger partial charge is 0.235 e. The molecule has 96 valence electrons. The molecule has 2 aromatic rings. The van der Waals surface area contributed by atoms with Crippen LogP contribution in [0, 0.1) is 18.3 Å². The molecule has 1 aromatic carbocycles. The molecule has 5 heteroatoms. The Balaban J connectivity index is 1.93. The number of hydrogen-bond donors (Lipinski definition) is 1. The number of thioether (sulfide) groups is 1. The Bertz CT molecular complexity index is 628. The second-order valence-electron chi connectivity index (χ2n) is 3.88. The monoisotopic (exact) mass is 288 g/mol. The molecule has 19 heavy (non-hydrogen) atoms. The zero-order chi connectivity index (χ0) is 13.7. The minimum absolute atomic E-state index is 0.0906. The third kappa shape index (κ3) is 3.60. The number of amides is 1. The number of nitrogens with zero attached hydrogens (tertiary/aromatic N) is 1. The minimum Gasteiger partial charge on any atom is -0.316 e. The number of anilines is 1. The van der Waals surface area contributed by atoms with E-state index in [0.29, 0.717) is 16.3 Å². The molecular weight excluding hydrogens is 276 g/mol. The third-order valence-corrected chi connectivity index (χ3v) is 4.50. The van der Waals surface area contributed by atoms with Gasteiger partial charge in [0, 0.05) is 4.90 Å². The molecular formula is C14H12N2OS2. The largest absolute Gasteiger partial charge is 0.316 e. The summed E-state index contributed by atoms with van der Waals surface area (Å²) in [6.45, 7) is 2.02. The van der Waals surface area contributed by atoms with Crippen LogP contribution < -0.4 is 5.32 Å². The first kappa shape index (κ1) is 13.7. The second kappa shape index (κ2) is 6.41. The van der Waals surface area contributed by atoms with Crippen molar-refractivity contribution in [3.05, 3.63) is 46.8 Å². The lowest BCUT2D eigenvalue weighted by molar-refractivity contribution is -0.113. The van der Waals surface area contributed by atoms with Crippen LogP contribution in [-0.2, 0) is 4.79 Å². The van der Waals surface area contributed by atoms with Crippen LogP contribution in [0.25, 0.3) is 0 Å². The van der Waals surface area contributed by atoms with Gasteiger partial charge in [0.1, 0.15) is 11.1 Å². The molecule has 0 unspecified atom stereocenters. The molecule has 0 saturated heterocycles. The summed E-state index contributed by atoms with van der Waals surface area (Å²) in [4.78, 5) is 12.9. The van der Waals surface area contributed by atoms with Crippen LogP contribution in [0.3, 0.4) is 0 Å². The Morgan fingerprint density at radius 2 is 2.21 bits per heavy atom. The molecule has 1 N–H and O–H groups in total. The highest BCUT2D eigenvalue weighted by Crippen LogP contribution is 2.24. The van der Waals surface area contributed by atoms with Crippen LogP contribution in [0.1, 0.15) is 11.1 Å². The topological polar surface area (TPSA) is 52.9 Å². The van der Waals surface area contributed by atoms with Crippen molar-refractivity contribution in [2.24, 2.45) is 0 Å². The Labute approximate surface area is 120 Å². The van der Waals surface area contributed by atoms with E-state index in [0.717, 1.165) is 10.5 Å². The Hall–Kier alpha value is -1.77. The van der Waals surface area contributed by atoms with Gasteiger partial charge >= 0.3 is 0 Å². The lowest BCUT2D eigenvalue weighted by Crippen LogP contribution is -2.13. The van der Waals surface area contributed by atoms with E-state index in [1.54, 1.807) is 11.4 Å². The maximum atomic E-state index is 11.8. The number of aryl methyl sites for hydroxylation is 1. The maximum absolute atomic E-state index is 11.8. The van der Waals surface area contributed by atoms with Gasteiger partial charge in [-0.1, -0.05) is 18.2 Å². The summed E-state index contributed by atoms with van der Waals surface area (Å²) >= 11 is 2.86. The highest BCUT2D eigenvalue weighted by molar-refractivity contribution is 8.00. The van der Waals surface area contributed by atoms with Crippen molar-refractivity contribution in [1.29, 1.82) is 5.26 Å². The zero-order valence-corrected chi connectivity index (χ0v) is 12.0. The molecule has 0 saturated carbocycles. The third-order valence-electron chi connectivity index (χ3n) is 2.49. The van der Waals surface area contributed by atoms with Gasteiger partial charge in [-0.15, -0.1) is 23.1 Å². The normalized spacial score (nSPS) is 9.89. The summed E-state index contributed by atoms with van der Waals surface area (Å²) in [5, 5.41) is 14.0. The highest BCUT2D eigenvalue weighted by Gasteiger charge is 2.09. The number of rotatable bonds is 4. The fourth-order valence-corrected chi connectivity index (χ4v) is 3.10. The van der Waals surface area contributed by atoms with Crippen molar-refractivity contribution in [1.82, 2.24) is 0 Å². The van der Waals surface area contributed by atoms with E-state index >= 15 is 0 Å². The molecule has 0 bridgehead atoms. The number of carbonyl (C=O) groups is 1. The van der Waals surface area contributed by atoms with Gasteiger partial charge in [-0.2, -0.15) is 5.26 Å². The molecule has 2 rings (SSSR count). The Kier molecular flexibility index (Phi) is 4.61. The van der Waals surface area contributed by atoms with Gasteiger partial charge in [-0.25, -0.2) is 0 Å². The minimum atomic E-state index is -0.0906. The Morgan fingerprint density at radius 3 is 2.95 bits per heavy atom. The summed E-state index contributed by atoms with van der Waals surface area (Å²) in [5.74, 6) is 0.250. The van der Waals surface area contributed by atoms with E-state index in [9.17, 15) is 4.79 Å². The molecule has 0 aliphatic heterocycles. The number of hydrogen-bond acceptors (Lipinski definition) is 4. The molecule has 0 radical (unpaired) electrons. The summed E-state index contributed by atoms with van der Waals surface area (Å²) in [5.41, 5.74) is 1.67. The summed E-state index contributed by atoms with van der Waals surface area (Å²) in [6, 6.07) is 11.7. The van der Waals surface area contributed by atoms with Gasteiger partial charge in [0.05, 0.1) is 11.3 Å². The van der Waals surface area contributed by atoms with Crippen LogP contribution in [0.15, 0.2) is 40.6 Å². The first-order valence-corrected chi connectivity index (χ1v) is 7.53. The van der Waals surface area contributed by atoms with Crippen LogP contribution >= 0.6 is 23.1 Å². The zero-order valence-electron chi connectivity index (χ0n) is 10.3. The average molecular weight is 288 g/mol. The van der Waals surface area contributed by atoms with E-state index in [1.165, 1.54) is 23.1 Å². The molecule has 3 nitrogen and oxygen atoms in total. The van der Waals surface area contributed by atoms with E-state index < -0.39 is 0 Å². The number of thiophene rings is 1. The van der Waals surface area contributed by atoms with E-state index in [2.05, 4.69) is 11.4 Å². The first-order valence-electron chi connectivity index (χ1n) is 5.66. The number of carbonyl (C=O) groups excluding carboxylic acids is 1. The van der Waals surface area contributed by atoms with Crippen LogP contribution in [0.5, 0.6) is 0 Å². The van der Waals surface area contributed by atoms with Gasteiger partial charge in [0.2, 0.25) is 5.91 Å². The summed E-state index contributed by atoms with van der Waals surface area (Å²) < 4.78 is 0. The number of nitrogens with one attached hydrogen (secondary N) is 1. The van der Waals surface area contributed by atoms with Gasteiger partial charge in [0.15, 0.2) is 0 Å². The SMILES string of the molecule is Cc1ccccc1SCC(=O)Nc1sccc1C#N. The van der Waals surface area contributed by atoms with Crippen molar-refractivity contribution in [2.75, 3.05) is 11.1 Å². The van der Waals surface area contributed by atoms with Gasteiger partial charge in [-0.3, -0.25) is 4.79 Å². The molecule has 0 atom stereocenters. The second-order valence-corrected chi connectivity index (χ2v) is 5.81. The van der Waals surface area contributed by atoms with Gasteiger partial charge in [-0.05, 0) is 30.0 Å². The molecule has 1 aromatic heterocycles.